The van der Waals surface area contributed by atoms with Crippen molar-refractivity contribution in [1.29, 1.82) is 0 Å². The minimum absolute atomic E-state index is 0.395. The van der Waals surface area contributed by atoms with E-state index in [0.717, 1.165) is 10.0 Å². The molecule has 1 aliphatic rings. The maximum absolute atomic E-state index is 6.02. The lowest BCUT2D eigenvalue weighted by molar-refractivity contribution is -0.0460. The van der Waals surface area contributed by atoms with Crippen LogP contribution in [-0.2, 0) is 9.47 Å². The maximum atomic E-state index is 6.02. The van der Waals surface area contributed by atoms with Crippen LogP contribution in [0.1, 0.15) is 11.9 Å². The Labute approximate surface area is 101 Å². The summed E-state index contributed by atoms with van der Waals surface area (Å²) >= 11 is 9.46. The fourth-order valence-corrected chi connectivity index (χ4v) is 2.24. The molecule has 2 rings (SSSR count). The van der Waals surface area contributed by atoms with E-state index < -0.39 is 6.29 Å². The number of rotatable bonds is 2. The predicted molar refractivity (Wildman–Crippen MR) is 60.3 cm³/mol. The molecule has 0 radical (unpaired) electrons. The highest BCUT2D eigenvalue weighted by Gasteiger charge is 2.26. The first-order chi connectivity index (χ1) is 7.24. The van der Waals surface area contributed by atoms with Crippen LogP contribution in [0.3, 0.4) is 0 Å². The largest absolute Gasteiger partial charge is 0.495 e. The molecule has 3 nitrogen and oxygen atoms in total. The Morgan fingerprint density at radius 1 is 1.40 bits per heavy atom. The van der Waals surface area contributed by atoms with Gasteiger partial charge in [-0.25, -0.2) is 0 Å². The van der Waals surface area contributed by atoms with E-state index >= 15 is 0 Å². The first-order valence-corrected chi connectivity index (χ1v) is 5.66. The van der Waals surface area contributed by atoms with Gasteiger partial charge in [0.05, 0.1) is 30.9 Å². The lowest BCUT2D eigenvalue weighted by atomic mass is 10.2. The Morgan fingerprint density at radius 3 is 2.67 bits per heavy atom. The summed E-state index contributed by atoms with van der Waals surface area (Å²) < 4.78 is 17.0. The summed E-state index contributed by atoms with van der Waals surface area (Å²) in [6, 6.07) is 3.62. The van der Waals surface area contributed by atoms with Gasteiger partial charge in [0.2, 0.25) is 0 Å². The molecule has 1 fully saturated rings. The van der Waals surface area contributed by atoms with E-state index in [4.69, 9.17) is 25.8 Å². The van der Waals surface area contributed by atoms with Crippen LogP contribution in [0.25, 0.3) is 0 Å². The van der Waals surface area contributed by atoms with Crippen LogP contribution >= 0.6 is 27.5 Å². The third-order valence-corrected chi connectivity index (χ3v) is 3.15. The van der Waals surface area contributed by atoms with Gasteiger partial charge in [0.1, 0.15) is 5.75 Å². The standard InChI is InChI=1S/C10H10BrClO3/c1-13-9-7(12)3-2-6(11)8(9)10-14-4-5-15-10/h2-3,10H,4-5H2,1H3. The molecule has 0 amide bonds. The van der Waals surface area contributed by atoms with Gasteiger partial charge in [-0.05, 0) is 12.1 Å². The molecule has 0 aliphatic carbocycles. The van der Waals surface area contributed by atoms with Crippen LogP contribution < -0.4 is 4.74 Å². The van der Waals surface area contributed by atoms with E-state index in [9.17, 15) is 0 Å². The number of benzene rings is 1. The summed E-state index contributed by atoms with van der Waals surface area (Å²) in [6.45, 7) is 1.18. The van der Waals surface area contributed by atoms with E-state index in [2.05, 4.69) is 15.9 Å². The number of ether oxygens (including phenoxy) is 3. The molecule has 1 aliphatic heterocycles. The molecule has 0 bridgehead atoms. The van der Waals surface area contributed by atoms with Crippen LogP contribution in [0.4, 0.5) is 0 Å². The fourth-order valence-electron chi connectivity index (χ4n) is 1.50. The molecule has 1 saturated heterocycles. The van der Waals surface area contributed by atoms with Crippen molar-refractivity contribution < 1.29 is 14.2 Å². The van der Waals surface area contributed by atoms with Gasteiger partial charge < -0.3 is 14.2 Å². The van der Waals surface area contributed by atoms with Crippen molar-refractivity contribution in [3.8, 4) is 5.75 Å². The van der Waals surface area contributed by atoms with Crippen molar-refractivity contribution >= 4 is 27.5 Å². The molecular formula is C10H10BrClO3. The Hall–Kier alpha value is -0.290. The average molecular weight is 294 g/mol. The third kappa shape index (κ3) is 2.13. The molecule has 15 heavy (non-hydrogen) atoms. The van der Waals surface area contributed by atoms with Crippen molar-refractivity contribution in [2.75, 3.05) is 20.3 Å². The van der Waals surface area contributed by atoms with Gasteiger partial charge in [-0.2, -0.15) is 0 Å². The molecule has 0 saturated carbocycles. The quantitative estimate of drug-likeness (QED) is 0.838. The molecule has 0 aromatic heterocycles. The predicted octanol–water partition coefficient (Wildman–Crippen LogP) is 3.16. The van der Waals surface area contributed by atoms with Crippen LogP contribution in [0.15, 0.2) is 16.6 Å². The molecule has 82 valence electrons. The van der Waals surface area contributed by atoms with Crippen molar-refractivity contribution in [1.82, 2.24) is 0 Å². The molecule has 5 heteroatoms. The van der Waals surface area contributed by atoms with E-state index in [1.54, 1.807) is 13.2 Å². The second-order valence-electron chi connectivity index (χ2n) is 3.05. The number of hydrogen-bond acceptors (Lipinski definition) is 3. The first kappa shape index (κ1) is 11.2. The van der Waals surface area contributed by atoms with Crippen LogP contribution in [0.2, 0.25) is 5.02 Å². The number of halogens is 2. The molecule has 0 N–H and O–H groups in total. The highest BCUT2D eigenvalue weighted by atomic mass is 79.9. The summed E-state index contributed by atoms with van der Waals surface area (Å²) in [5, 5.41) is 0.551. The third-order valence-electron chi connectivity index (χ3n) is 2.16. The minimum Gasteiger partial charge on any atom is -0.495 e. The number of hydrogen-bond donors (Lipinski definition) is 0. The monoisotopic (exact) mass is 292 g/mol. The number of methoxy groups -OCH3 is 1. The van der Waals surface area contributed by atoms with E-state index in [1.165, 1.54) is 0 Å². The summed E-state index contributed by atoms with van der Waals surface area (Å²) in [5.74, 6) is 0.595. The Kier molecular flexibility index (Phi) is 3.51. The van der Waals surface area contributed by atoms with Crippen molar-refractivity contribution in [3.63, 3.8) is 0 Å². The molecule has 1 aromatic rings. The second kappa shape index (κ2) is 4.70. The zero-order valence-electron chi connectivity index (χ0n) is 8.13. The minimum atomic E-state index is -0.395. The Morgan fingerprint density at radius 2 is 2.07 bits per heavy atom. The smallest absolute Gasteiger partial charge is 0.188 e. The van der Waals surface area contributed by atoms with E-state index in [-0.39, 0.29) is 0 Å². The molecule has 1 heterocycles. The maximum Gasteiger partial charge on any atom is 0.188 e. The highest BCUT2D eigenvalue weighted by molar-refractivity contribution is 9.10. The Bertz CT molecular complexity index is 364. The zero-order chi connectivity index (χ0) is 10.8. The SMILES string of the molecule is COc1c(Cl)ccc(Br)c1C1OCCO1. The van der Waals surface area contributed by atoms with E-state index in [1.807, 2.05) is 6.07 Å². The molecule has 0 spiro atoms. The van der Waals surface area contributed by atoms with E-state index in [0.29, 0.717) is 24.0 Å². The Balaban J connectivity index is 2.46. The van der Waals surface area contributed by atoms with Crippen LogP contribution in [0.5, 0.6) is 5.75 Å². The zero-order valence-corrected chi connectivity index (χ0v) is 10.5. The van der Waals surface area contributed by atoms with Gasteiger partial charge in [0, 0.05) is 4.47 Å². The first-order valence-electron chi connectivity index (χ1n) is 4.49. The normalized spacial score (nSPS) is 17.0. The van der Waals surface area contributed by atoms with Crippen LogP contribution in [0, 0.1) is 0 Å². The van der Waals surface area contributed by atoms with Gasteiger partial charge in [0.15, 0.2) is 6.29 Å². The topological polar surface area (TPSA) is 27.7 Å². The van der Waals surface area contributed by atoms with Crippen molar-refractivity contribution in [3.05, 3.63) is 27.2 Å². The summed E-state index contributed by atoms with van der Waals surface area (Å²) in [6.07, 6.45) is -0.395. The van der Waals surface area contributed by atoms with Gasteiger partial charge in [-0.1, -0.05) is 27.5 Å². The highest BCUT2D eigenvalue weighted by Crippen LogP contribution is 2.40. The molecule has 1 aromatic carbocycles. The van der Waals surface area contributed by atoms with Gasteiger partial charge >= 0.3 is 0 Å². The lowest BCUT2D eigenvalue weighted by Gasteiger charge is -2.16. The van der Waals surface area contributed by atoms with Gasteiger partial charge in [-0.3, -0.25) is 0 Å². The summed E-state index contributed by atoms with van der Waals surface area (Å²) in [4.78, 5) is 0. The summed E-state index contributed by atoms with van der Waals surface area (Å²) in [5.41, 5.74) is 0.808. The molecular weight excluding hydrogens is 283 g/mol. The molecule has 0 unspecified atom stereocenters. The van der Waals surface area contributed by atoms with Gasteiger partial charge in [0.25, 0.3) is 0 Å². The van der Waals surface area contributed by atoms with Crippen LogP contribution in [-0.4, -0.2) is 20.3 Å². The van der Waals surface area contributed by atoms with Crippen molar-refractivity contribution in [2.45, 2.75) is 6.29 Å². The second-order valence-corrected chi connectivity index (χ2v) is 4.31. The lowest BCUT2D eigenvalue weighted by Crippen LogP contribution is -2.03. The fraction of sp³-hybridized carbons (Fsp3) is 0.400. The molecule has 0 atom stereocenters. The summed E-state index contributed by atoms with van der Waals surface area (Å²) in [7, 11) is 1.58. The van der Waals surface area contributed by atoms with Crippen molar-refractivity contribution in [2.24, 2.45) is 0 Å². The average Bonchev–Trinajstić information content (AvgIpc) is 2.74. The van der Waals surface area contributed by atoms with Gasteiger partial charge in [-0.15, -0.1) is 0 Å².